The van der Waals surface area contributed by atoms with E-state index in [9.17, 15) is 0 Å². The van der Waals surface area contributed by atoms with Crippen molar-refractivity contribution in [1.82, 2.24) is 0 Å². The molecule has 1 aromatic rings. The van der Waals surface area contributed by atoms with Crippen LogP contribution in [-0.4, -0.2) is 37.7 Å². The minimum absolute atomic E-state index is 0.254. The van der Waals surface area contributed by atoms with Crippen molar-refractivity contribution in [3.05, 3.63) is 23.8 Å². The molecule has 2 fully saturated rings. The van der Waals surface area contributed by atoms with Gasteiger partial charge in [0.05, 0.1) is 32.1 Å². The fourth-order valence-electron chi connectivity index (χ4n) is 4.17. The van der Waals surface area contributed by atoms with Gasteiger partial charge < -0.3 is 19.0 Å². The lowest BCUT2D eigenvalue weighted by molar-refractivity contribution is -0.0237. The van der Waals surface area contributed by atoms with Crippen LogP contribution < -0.4 is 9.47 Å². The molecular formula is C22H31NO4. The Bertz CT molecular complexity index is 660. The number of nitrogens with zero attached hydrogens (tertiary/aromatic N) is 1. The van der Waals surface area contributed by atoms with E-state index >= 15 is 0 Å². The summed E-state index contributed by atoms with van der Waals surface area (Å²) < 4.78 is 17.7. The van der Waals surface area contributed by atoms with Gasteiger partial charge >= 0.3 is 0 Å². The molecule has 1 aromatic carbocycles. The number of rotatable bonds is 7. The van der Waals surface area contributed by atoms with E-state index in [-0.39, 0.29) is 5.60 Å². The molecule has 1 spiro atoms. The Balaban J connectivity index is 1.47. The zero-order valence-electron chi connectivity index (χ0n) is 16.4. The molecule has 0 amide bonds. The van der Waals surface area contributed by atoms with Crippen LogP contribution in [0.3, 0.4) is 0 Å². The standard InChI is InChI=1S/C22H31NO4/c1-2-11-25-20-9-8-18(19-14-22(27-23-19)10-12-24-16-22)13-21(20)26-15-17-6-4-3-5-7-17/h8-9,13,17H,2-7,10-12,14-16H2,1H3. The van der Waals surface area contributed by atoms with Crippen molar-refractivity contribution in [2.75, 3.05) is 26.4 Å². The van der Waals surface area contributed by atoms with E-state index in [1.165, 1.54) is 32.1 Å². The second-order valence-electron chi connectivity index (χ2n) is 8.12. The first-order chi connectivity index (χ1) is 13.3. The van der Waals surface area contributed by atoms with Gasteiger partial charge in [-0.15, -0.1) is 0 Å². The quantitative estimate of drug-likeness (QED) is 0.694. The first-order valence-electron chi connectivity index (χ1n) is 10.5. The van der Waals surface area contributed by atoms with E-state index < -0.39 is 0 Å². The molecule has 27 heavy (non-hydrogen) atoms. The summed E-state index contributed by atoms with van der Waals surface area (Å²) in [6, 6.07) is 6.15. The number of hydrogen-bond donors (Lipinski definition) is 0. The SMILES string of the molecule is CCCOc1ccc(C2=NOC3(CCOC3)C2)cc1OCC1CCCCC1. The van der Waals surface area contributed by atoms with Gasteiger partial charge in [0.2, 0.25) is 0 Å². The first-order valence-corrected chi connectivity index (χ1v) is 10.5. The molecule has 0 radical (unpaired) electrons. The average Bonchev–Trinajstić information content (AvgIpc) is 3.36. The summed E-state index contributed by atoms with van der Waals surface area (Å²) in [6.45, 7) is 4.96. The van der Waals surface area contributed by atoms with Crippen molar-refractivity contribution < 1.29 is 19.0 Å². The van der Waals surface area contributed by atoms with Gasteiger partial charge in [-0.1, -0.05) is 31.3 Å². The predicted octanol–water partition coefficient (Wildman–Crippen LogP) is 4.72. The Hall–Kier alpha value is -1.75. The summed E-state index contributed by atoms with van der Waals surface area (Å²) in [5.74, 6) is 2.32. The molecule has 1 saturated heterocycles. The normalized spacial score (nSPS) is 25.4. The minimum Gasteiger partial charge on any atom is -0.490 e. The zero-order valence-corrected chi connectivity index (χ0v) is 16.4. The van der Waals surface area contributed by atoms with Crippen LogP contribution in [0.25, 0.3) is 0 Å². The lowest BCUT2D eigenvalue weighted by Crippen LogP contribution is -2.29. The van der Waals surface area contributed by atoms with E-state index in [0.29, 0.717) is 19.1 Å². The molecule has 5 nitrogen and oxygen atoms in total. The van der Waals surface area contributed by atoms with Gasteiger partial charge in [-0.05, 0) is 43.4 Å². The van der Waals surface area contributed by atoms with Gasteiger partial charge in [-0.2, -0.15) is 0 Å². The monoisotopic (exact) mass is 373 g/mol. The van der Waals surface area contributed by atoms with E-state index in [1.54, 1.807) is 0 Å². The largest absolute Gasteiger partial charge is 0.490 e. The minimum atomic E-state index is -0.254. The molecule has 148 valence electrons. The average molecular weight is 373 g/mol. The van der Waals surface area contributed by atoms with Crippen LogP contribution in [-0.2, 0) is 9.57 Å². The van der Waals surface area contributed by atoms with Crippen LogP contribution >= 0.6 is 0 Å². The van der Waals surface area contributed by atoms with Crippen molar-refractivity contribution in [2.24, 2.45) is 11.1 Å². The van der Waals surface area contributed by atoms with Crippen LogP contribution in [0.2, 0.25) is 0 Å². The van der Waals surface area contributed by atoms with Crippen molar-refractivity contribution >= 4 is 5.71 Å². The van der Waals surface area contributed by atoms with Crippen LogP contribution in [0.15, 0.2) is 23.4 Å². The Labute approximate surface area is 162 Å². The first kappa shape index (κ1) is 18.6. The lowest BCUT2D eigenvalue weighted by atomic mass is 9.90. The summed E-state index contributed by atoms with van der Waals surface area (Å²) in [6.07, 6.45) is 9.24. The maximum atomic E-state index is 6.25. The van der Waals surface area contributed by atoms with Crippen LogP contribution in [0.5, 0.6) is 11.5 Å². The topological polar surface area (TPSA) is 49.3 Å². The van der Waals surface area contributed by atoms with Crippen LogP contribution in [0.4, 0.5) is 0 Å². The van der Waals surface area contributed by atoms with Gasteiger partial charge in [0.1, 0.15) is 0 Å². The molecule has 0 aromatic heterocycles. The smallest absolute Gasteiger partial charge is 0.168 e. The van der Waals surface area contributed by atoms with Gasteiger partial charge in [-0.25, -0.2) is 0 Å². The lowest BCUT2D eigenvalue weighted by Gasteiger charge is -2.22. The molecule has 0 N–H and O–H groups in total. The highest BCUT2D eigenvalue weighted by Gasteiger charge is 2.43. The second-order valence-corrected chi connectivity index (χ2v) is 8.12. The zero-order chi connectivity index (χ0) is 18.5. The van der Waals surface area contributed by atoms with Gasteiger partial charge in [-0.3, -0.25) is 0 Å². The highest BCUT2D eigenvalue weighted by molar-refractivity contribution is 6.02. The molecule has 2 aliphatic heterocycles. The third kappa shape index (κ3) is 4.40. The summed E-state index contributed by atoms with van der Waals surface area (Å²) in [7, 11) is 0. The number of oxime groups is 1. The van der Waals surface area contributed by atoms with E-state index in [4.69, 9.17) is 19.0 Å². The van der Waals surface area contributed by atoms with E-state index in [1.807, 2.05) is 6.07 Å². The Kier molecular flexibility index (Phi) is 5.86. The fraction of sp³-hybridized carbons (Fsp3) is 0.682. The second kappa shape index (κ2) is 8.51. The number of hydrogen-bond acceptors (Lipinski definition) is 5. The van der Waals surface area contributed by atoms with Crippen molar-refractivity contribution in [1.29, 1.82) is 0 Å². The summed E-state index contributed by atoms with van der Waals surface area (Å²) in [5, 5.41) is 4.36. The predicted molar refractivity (Wildman–Crippen MR) is 105 cm³/mol. The Morgan fingerprint density at radius 2 is 2.04 bits per heavy atom. The van der Waals surface area contributed by atoms with Gasteiger partial charge in [0.25, 0.3) is 0 Å². The van der Waals surface area contributed by atoms with Crippen molar-refractivity contribution in [3.8, 4) is 11.5 Å². The third-order valence-corrected chi connectivity index (χ3v) is 5.84. The Morgan fingerprint density at radius 3 is 2.81 bits per heavy atom. The number of benzene rings is 1. The van der Waals surface area contributed by atoms with Crippen molar-refractivity contribution in [3.63, 3.8) is 0 Å². The molecular weight excluding hydrogens is 342 g/mol. The van der Waals surface area contributed by atoms with Crippen LogP contribution in [0, 0.1) is 5.92 Å². The molecule has 1 saturated carbocycles. The van der Waals surface area contributed by atoms with E-state index in [2.05, 4.69) is 24.2 Å². The molecule has 1 aliphatic carbocycles. The summed E-state index contributed by atoms with van der Waals surface area (Å²) >= 11 is 0. The summed E-state index contributed by atoms with van der Waals surface area (Å²) in [4.78, 5) is 5.75. The Morgan fingerprint density at radius 1 is 1.15 bits per heavy atom. The maximum Gasteiger partial charge on any atom is 0.168 e. The van der Waals surface area contributed by atoms with Crippen LogP contribution in [0.1, 0.15) is 63.9 Å². The third-order valence-electron chi connectivity index (χ3n) is 5.84. The molecule has 3 aliphatic rings. The molecule has 1 unspecified atom stereocenters. The molecule has 1 atom stereocenters. The highest BCUT2D eigenvalue weighted by Crippen LogP contribution is 2.36. The highest BCUT2D eigenvalue weighted by atomic mass is 16.7. The van der Waals surface area contributed by atoms with E-state index in [0.717, 1.165) is 55.3 Å². The molecule has 2 heterocycles. The number of ether oxygens (including phenoxy) is 3. The summed E-state index contributed by atoms with van der Waals surface area (Å²) in [5.41, 5.74) is 1.78. The molecule has 0 bridgehead atoms. The van der Waals surface area contributed by atoms with Gasteiger partial charge in [0, 0.05) is 18.4 Å². The molecule has 4 rings (SSSR count). The maximum absolute atomic E-state index is 6.25. The van der Waals surface area contributed by atoms with Crippen molar-refractivity contribution in [2.45, 2.75) is 63.9 Å². The molecule has 5 heteroatoms. The van der Waals surface area contributed by atoms with Gasteiger partial charge in [0.15, 0.2) is 17.1 Å². The fourth-order valence-corrected chi connectivity index (χ4v) is 4.17.